The maximum absolute atomic E-state index is 12.6. The van der Waals surface area contributed by atoms with E-state index in [0.29, 0.717) is 6.42 Å². The molecule has 0 saturated carbocycles. The lowest BCUT2D eigenvalue weighted by molar-refractivity contribution is -0.0498. The lowest BCUT2D eigenvalue weighted by Crippen LogP contribution is -2.27. The zero-order valence-corrected chi connectivity index (χ0v) is 17.8. The van der Waals surface area contributed by atoms with E-state index in [1.165, 1.54) is 36.4 Å². The number of amides is 1. The van der Waals surface area contributed by atoms with Gasteiger partial charge in [-0.05, 0) is 47.9 Å². The summed E-state index contributed by atoms with van der Waals surface area (Å²) in [6.45, 7) is -2.45. The van der Waals surface area contributed by atoms with Gasteiger partial charge in [0.2, 0.25) is 10.0 Å². The first-order valence-corrected chi connectivity index (χ1v) is 11.3. The predicted octanol–water partition coefficient (Wildman–Crippen LogP) is 3.74. The van der Waals surface area contributed by atoms with Gasteiger partial charge in [-0.2, -0.15) is 8.78 Å². The molecule has 0 aliphatic carbocycles. The second kappa shape index (κ2) is 10.8. The van der Waals surface area contributed by atoms with Crippen LogP contribution in [0.4, 0.5) is 8.78 Å². The molecule has 0 radical (unpaired) electrons. The highest BCUT2D eigenvalue weighted by atomic mass is 32.2. The van der Waals surface area contributed by atoms with Crippen molar-refractivity contribution in [3.63, 3.8) is 0 Å². The first-order valence-electron chi connectivity index (χ1n) is 9.79. The maximum Gasteiger partial charge on any atom is 0.387 e. The second-order valence-corrected chi connectivity index (χ2v) is 8.63. The SMILES string of the molecule is O=C(NCCc1ccc(OC(F)F)cc1)c1cccc(S(=O)(=O)NCc2ccccc2)c1. The number of hydrogen-bond acceptors (Lipinski definition) is 4. The summed E-state index contributed by atoms with van der Waals surface area (Å²) in [5.41, 5.74) is 1.86. The standard InChI is InChI=1S/C23H22F2N2O4S/c24-23(25)31-20-11-9-17(10-12-20)13-14-26-22(28)19-7-4-8-21(15-19)32(29,30)27-16-18-5-2-1-3-6-18/h1-12,15,23,27H,13-14,16H2,(H,26,28). The molecule has 0 atom stereocenters. The van der Waals surface area contributed by atoms with E-state index in [1.807, 2.05) is 30.3 Å². The molecule has 168 valence electrons. The van der Waals surface area contributed by atoms with E-state index in [2.05, 4.69) is 14.8 Å². The average Bonchev–Trinajstić information content (AvgIpc) is 2.79. The van der Waals surface area contributed by atoms with Gasteiger partial charge in [-0.25, -0.2) is 13.1 Å². The van der Waals surface area contributed by atoms with Gasteiger partial charge in [0.25, 0.3) is 5.91 Å². The minimum absolute atomic E-state index is 0.00398. The summed E-state index contributed by atoms with van der Waals surface area (Å²) in [6, 6.07) is 21.0. The van der Waals surface area contributed by atoms with Crippen LogP contribution in [-0.4, -0.2) is 27.5 Å². The third kappa shape index (κ3) is 6.86. The zero-order valence-electron chi connectivity index (χ0n) is 17.0. The van der Waals surface area contributed by atoms with Crippen molar-refractivity contribution < 1.29 is 26.7 Å². The van der Waals surface area contributed by atoms with E-state index >= 15 is 0 Å². The summed E-state index contributed by atoms with van der Waals surface area (Å²) >= 11 is 0. The van der Waals surface area contributed by atoms with Crippen LogP contribution < -0.4 is 14.8 Å². The fourth-order valence-corrected chi connectivity index (χ4v) is 3.99. The minimum atomic E-state index is -3.79. The molecule has 32 heavy (non-hydrogen) atoms. The van der Waals surface area contributed by atoms with Crippen LogP contribution in [0.2, 0.25) is 0 Å². The molecule has 3 aromatic carbocycles. The summed E-state index contributed by atoms with van der Waals surface area (Å²) < 4.78 is 56.3. The van der Waals surface area contributed by atoms with Gasteiger partial charge in [-0.1, -0.05) is 48.5 Å². The quantitative estimate of drug-likeness (QED) is 0.483. The van der Waals surface area contributed by atoms with Crippen molar-refractivity contribution in [1.82, 2.24) is 10.0 Å². The second-order valence-electron chi connectivity index (χ2n) is 6.87. The van der Waals surface area contributed by atoms with Gasteiger partial charge in [-0.15, -0.1) is 0 Å². The van der Waals surface area contributed by atoms with Gasteiger partial charge in [0.05, 0.1) is 4.90 Å². The number of carbonyl (C=O) groups is 1. The molecule has 0 aliphatic rings. The van der Waals surface area contributed by atoms with Gasteiger partial charge >= 0.3 is 6.61 Å². The lowest BCUT2D eigenvalue weighted by Gasteiger charge is -2.10. The molecule has 2 N–H and O–H groups in total. The molecule has 1 amide bonds. The van der Waals surface area contributed by atoms with E-state index in [4.69, 9.17) is 0 Å². The number of sulfonamides is 1. The normalized spacial score (nSPS) is 11.3. The number of ether oxygens (including phenoxy) is 1. The topological polar surface area (TPSA) is 84.5 Å². The molecular weight excluding hydrogens is 438 g/mol. The summed E-state index contributed by atoms with van der Waals surface area (Å²) in [6.07, 6.45) is 0.470. The van der Waals surface area contributed by atoms with E-state index in [9.17, 15) is 22.0 Å². The van der Waals surface area contributed by atoms with Crippen molar-refractivity contribution in [2.45, 2.75) is 24.5 Å². The molecule has 0 unspecified atom stereocenters. The van der Waals surface area contributed by atoms with Gasteiger partial charge in [0.1, 0.15) is 5.75 Å². The monoisotopic (exact) mass is 460 g/mol. The van der Waals surface area contributed by atoms with E-state index in [-0.39, 0.29) is 29.3 Å². The third-order valence-electron chi connectivity index (χ3n) is 4.56. The van der Waals surface area contributed by atoms with Crippen LogP contribution in [0.5, 0.6) is 5.75 Å². The van der Waals surface area contributed by atoms with E-state index in [1.54, 1.807) is 12.1 Å². The molecule has 9 heteroatoms. The molecule has 0 fully saturated rings. The Morgan fingerprint density at radius 3 is 2.31 bits per heavy atom. The Bertz CT molecular complexity index is 1140. The molecule has 3 rings (SSSR count). The van der Waals surface area contributed by atoms with Crippen molar-refractivity contribution >= 4 is 15.9 Å². The Balaban J connectivity index is 1.55. The fraction of sp³-hybridized carbons (Fsp3) is 0.174. The van der Waals surface area contributed by atoms with E-state index < -0.39 is 22.5 Å². The maximum atomic E-state index is 12.6. The Morgan fingerprint density at radius 2 is 1.62 bits per heavy atom. The van der Waals surface area contributed by atoms with Gasteiger partial charge in [0, 0.05) is 18.7 Å². The smallest absolute Gasteiger partial charge is 0.387 e. The van der Waals surface area contributed by atoms with Crippen LogP contribution in [0.15, 0.2) is 83.8 Å². The number of rotatable bonds is 10. The van der Waals surface area contributed by atoms with Crippen LogP contribution >= 0.6 is 0 Å². The summed E-state index contributed by atoms with van der Waals surface area (Å²) in [5.74, 6) is -0.352. The van der Waals surface area contributed by atoms with Crippen LogP contribution in [0.3, 0.4) is 0 Å². The summed E-state index contributed by atoms with van der Waals surface area (Å²) in [4.78, 5) is 12.4. The molecule has 0 spiro atoms. The number of nitrogens with one attached hydrogen (secondary N) is 2. The van der Waals surface area contributed by atoms with Crippen LogP contribution in [0.25, 0.3) is 0 Å². The van der Waals surface area contributed by atoms with Crippen molar-refractivity contribution in [2.24, 2.45) is 0 Å². The first kappa shape index (κ1) is 23.4. The van der Waals surface area contributed by atoms with E-state index in [0.717, 1.165) is 11.1 Å². The van der Waals surface area contributed by atoms with Crippen molar-refractivity contribution in [3.05, 3.63) is 95.6 Å². The molecular formula is C23H22F2N2O4S. The number of benzene rings is 3. The summed E-state index contributed by atoms with van der Waals surface area (Å²) in [7, 11) is -3.79. The van der Waals surface area contributed by atoms with Gasteiger partial charge < -0.3 is 10.1 Å². The third-order valence-corrected chi connectivity index (χ3v) is 5.96. The van der Waals surface area contributed by atoms with Crippen LogP contribution in [0, 0.1) is 0 Å². The Labute approximate surface area is 185 Å². The van der Waals surface area contributed by atoms with Crippen LogP contribution in [0.1, 0.15) is 21.5 Å². The molecule has 6 nitrogen and oxygen atoms in total. The van der Waals surface area contributed by atoms with Crippen LogP contribution in [-0.2, 0) is 23.0 Å². The van der Waals surface area contributed by atoms with Gasteiger partial charge in [-0.3, -0.25) is 4.79 Å². The predicted molar refractivity (Wildman–Crippen MR) is 116 cm³/mol. The van der Waals surface area contributed by atoms with Crippen molar-refractivity contribution in [3.8, 4) is 5.75 Å². The molecule has 0 bridgehead atoms. The van der Waals surface area contributed by atoms with Gasteiger partial charge in [0.15, 0.2) is 0 Å². The molecule has 0 saturated heterocycles. The average molecular weight is 461 g/mol. The minimum Gasteiger partial charge on any atom is -0.435 e. The Kier molecular flexibility index (Phi) is 7.91. The Hall–Kier alpha value is -3.30. The zero-order chi connectivity index (χ0) is 23.0. The number of halogens is 2. The molecule has 3 aromatic rings. The first-order chi connectivity index (χ1) is 15.3. The lowest BCUT2D eigenvalue weighted by atomic mass is 10.1. The highest BCUT2D eigenvalue weighted by molar-refractivity contribution is 7.89. The summed E-state index contributed by atoms with van der Waals surface area (Å²) in [5, 5.41) is 2.73. The molecule has 0 aromatic heterocycles. The largest absolute Gasteiger partial charge is 0.435 e. The molecule has 0 aliphatic heterocycles. The Morgan fingerprint density at radius 1 is 0.906 bits per heavy atom. The highest BCUT2D eigenvalue weighted by Gasteiger charge is 2.16. The van der Waals surface area contributed by atoms with Crippen molar-refractivity contribution in [1.29, 1.82) is 0 Å². The number of hydrogen-bond donors (Lipinski definition) is 2. The number of alkyl halides is 2. The fourth-order valence-electron chi connectivity index (χ4n) is 2.92. The number of carbonyl (C=O) groups excluding carboxylic acids is 1. The highest BCUT2D eigenvalue weighted by Crippen LogP contribution is 2.15. The van der Waals surface area contributed by atoms with Crippen molar-refractivity contribution in [2.75, 3.05) is 6.54 Å². The molecule has 0 heterocycles.